The van der Waals surface area contributed by atoms with Gasteiger partial charge in [-0.1, -0.05) is 27.4 Å². The molecule has 0 fully saturated rings. The van der Waals surface area contributed by atoms with Gasteiger partial charge in [0, 0.05) is 18.7 Å². The Morgan fingerprint density at radius 1 is 1.46 bits per heavy atom. The summed E-state index contributed by atoms with van der Waals surface area (Å²) in [5, 5.41) is 8.60. The molecule has 0 aromatic rings. The molecule has 0 aliphatic heterocycles. The van der Waals surface area contributed by atoms with Crippen molar-refractivity contribution < 1.29 is 9.90 Å². The van der Waals surface area contributed by atoms with E-state index >= 15 is 0 Å². The Morgan fingerprint density at radius 3 is 2.23 bits per heavy atom. The summed E-state index contributed by atoms with van der Waals surface area (Å²) in [6, 6.07) is 0. The van der Waals surface area contributed by atoms with Crippen LogP contribution in [0.4, 0.5) is 0 Å². The molecule has 0 bridgehead atoms. The van der Waals surface area contributed by atoms with Crippen molar-refractivity contribution in [2.24, 2.45) is 5.41 Å². The van der Waals surface area contributed by atoms with Crippen molar-refractivity contribution in [2.75, 3.05) is 20.1 Å². The summed E-state index contributed by atoms with van der Waals surface area (Å²) in [5.41, 5.74) is 0.430. The molecule has 0 rings (SSSR count). The molecule has 0 saturated carbocycles. The fourth-order valence-electron chi connectivity index (χ4n) is 1.26. The van der Waals surface area contributed by atoms with E-state index in [0.717, 1.165) is 6.54 Å². The standard InChI is InChI=1S/C10H19NO2/c1-8(9(12)13)6-11(5)7-10(2,3)4/h1,6-7H2,2-5H3,(H,12,13). The lowest BCUT2D eigenvalue weighted by atomic mass is 9.96. The Bertz CT molecular complexity index is 203. The second-order valence-corrected chi connectivity index (χ2v) is 4.64. The van der Waals surface area contributed by atoms with Gasteiger partial charge in [-0.2, -0.15) is 0 Å². The van der Waals surface area contributed by atoms with Crippen LogP contribution in [0.2, 0.25) is 0 Å². The van der Waals surface area contributed by atoms with Gasteiger partial charge >= 0.3 is 5.97 Å². The molecular formula is C10H19NO2. The summed E-state index contributed by atoms with van der Waals surface area (Å²) in [6.45, 7) is 11.1. The fraction of sp³-hybridized carbons (Fsp3) is 0.700. The summed E-state index contributed by atoms with van der Waals surface area (Å²) in [5.74, 6) is -0.916. The molecule has 0 aliphatic rings. The Hall–Kier alpha value is -0.830. The van der Waals surface area contributed by atoms with Crippen molar-refractivity contribution in [2.45, 2.75) is 20.8 Å². The maximum absolute atomic E-state index is 10.5. The van der Waals surface area contributed by atoms with Gasteiger partial charge in [0.05, 0.1) is 0 Å². The molecule has 0 radical (unpaired) electrons. The van der Waals surface area contributed by atoms with E-state index in [0.29, 0.717) is 6.54 Å². The molecule has 0 saturated heterocycles. The number of carboxylic acid groups (broad SMARTS) is 1. The lowest BCUT2D eigenvalue weighted by Gasteiger charge is -2.26. The van der Waals surface area contributed by atoms with Crippen LogP contribution in [0.1, 0.15) is 20.8 Å². The lowest BCUT2D eigenvalue weighted by molar-refractivity contribution is -0.132. The number of likely N-dealkylation sites (N-methyl/N-ethyl adjacent to an activating group) is 1. The third kappa shape index (κ3) is 6.34. The van der Waals surface area contributed by atoms with Crippen molar-refractivity contribution in [1.29, 1.82) is 0 Å². The molecule has 0 amide bonds. The zero-order valence-electron chi connectivity index (χ0n) is 8.92. The van der Waals surface area contributed by atoms with Crippen LogP contribution in [0.3, 0.4) is 0 Å². The minimum Gasteiger partial charge on any atom is -0.478 e. The Kier molecular flexibility index (Phi) is 4.14. The summed E-state index contributed by atoms with van der Waals surface area (Å²) < 4.78 is 0. The van der Waals surface area contributed by atoms with Gasteiger partial charge in [-0.3, -0.25) is 0 Å². The van der Waals surface area contributed by atoms with E-state index in [2.05, 4.69) is 27.4 Å². The van der Waals surface area contributed by atoms with Crippen LogP contribution in [0.15, 0.2) is 12.2 Å². The predicted octanol–water partition coefficient (Wildman–Crippen LogP) is 1.61. The van der Waals surface area contributed by atoms with Crippen molar-refractivity contribution in [3.05, 3.63) is 12.2 Å². The molecule has 0 unspecified atom stereocenters. The number of hydrogen-bond acceptors (Lipinski definition) is 2. The van der Waals surface area contributed by atoms with Gasteiger partial charge in [-0.25, -0.2) is 4.79 Å². The highest BCUT2D eigenvalue weighted by Crippen LogP contribution is 2.14. The third-order valence-corrected chi connectivity index (χ3v) is 1.51. The first kappa shape index (κ1) is 12.2. The van der Waals surface area contributed by atoms with Gasteiger partial charge in [-0.05, 0) is 12.5 Å². The maximum Gasteiger partial charge on any atom is 0.332 e. The normalized spacial score (nSPS) is 11.8. The fourth-order valence-corrected chi connectivity index (χ4v) is 1.26. The average molecular weight is 185 g/mol. The van der Waals surface area contributed by atoms with Gasteiger partial charge in [0.15, 0.2) is 0 Å². The van der Waals surface area contributed by atoms with E-state index in [1.165, 1.54) is 0 Å². The Morgan fingerprint density at radius 2 is 1.92 bits per heavy atom. The van der Waals surface area contributed by atoms with Crippen LogP contribution in [0.5, 0.6) is 0 Å². The topological polar surface area (TPSA) is 40.5 Å². The molecule has 0 heterocycles. The van der Waals surface area contributed by atoms with Crippen molar-refractivity contribution in [3.8, 4) is 0 Å². The second kappa shape index (κ2) is 4.42. The summed E-state index contributed by atoms with van der Waals surface area (Å²) in [7, 11) is 1.90. The predicted molar refractivity (Wildman–Crippen MR) is 53.7 cm³/mol. The number of aliphatic carboxylic acids is 1. The first-order valence-electron chi connectivity index (χ1n) is 4.32. The van der Waals surface area contributed by atoms with Crippen LogP contribution in [0.25, 0.3) is 0 Å². The maximum atomic E-state index is 10.5. The molecule has 3 nitrogen and oxygen atoms in total. The number of hydrogen-bond donors (Lipinski definition) is 1. The number of carbonyl (C=O) groups is 1. The monoisotopic (exact) mass is 185 g/mol. The lowest BCUT2D eigenvalue weighted by Crippen LogP contribution is -2.31. The SMILES string of the molecule is C=C(CN(C)CC(C)(C)C)C(=O)O. The molecular weight excluding hydrogens is 166 g/mol. The molecule has 0 aliphatic carbocycles. The first-order valence-corrected chi connectivity index (χ1v) is 4.32. The second-order valence-electron chi connectivity index (χ2n) is 4.64. The van der Waals surface area contributed by atoms with E-state index in [9.17, 15) is 4.79 Å². The van der Waals surface area contributed by atoms with E-state index in [-0.39, 0.29) is 11.0 Å². The molecule has 1 N–H and O–H groups in total. The van der Waals surface area contributed by atoms with Crippen LogP contribution in [-0.2, 0) is 4.79 Å². The molecule has 0 aromatic heterocycles. The minimum absolute atomic E-state index is 0.188. The largest absolute Gasteiger partial charge is 0.478 e. The highest BCUT2D eigenvalue weighted by atomic mass is 16.4. The van der Waals surface area contributed by atoms with Crippen molar-refractivity contribution in [3.63, 3.8) is 0 Å². The smallest absolute Gasteiger partial charge is 0.332 e. The quantitative estimate of drug-likeness (QED) is 0.676. The molecule has 76 valence electrons. The third-order valence-electron chi connectivity index (χ3n) is 1.51. The molecule has 0 spiro atoms. The Balaban J connectivity index is 3.95. The molecule has 13 heavy (non-hydrogen) atoms. The van der Waals surface area contributed by atoms with Crippen molar-refractivity contribution in [1.82, 2.24) is 4.90 Å². The zero-order chi connectivity index (χ0) is 10.6. The van der Waals surface area contributed by atoms with E-state index in [1.54, 1.807) is 0 Å². The number of nitrogens with zero attached hydrogens (tertiary/aromatic N) is 1. The van der Waals surface area contributed by atoms with Gasteiger partial charge in [0.25, 0.3) is 0 Å². The van der Waals surface area contributed by atoms with E-state index < -0.39 is 5.97 Å². The van der Waals surface area contributed by atoms with E-state index in [1.807, 2.05) is 11.9 Å². The summed E-state index contributed by atoms with van der Waals surface area (Å²) >= 11 is 0. The van der Waals surface area contributed by atoms with E-state index in [4.69, 9.17) is 5.11 Å². The molecule has 0 aromatic carbocycles. The zero-order valence-corrected chi connectivity index (χ0v) is 8.92. The number of carboxylic acids is 1. The average Bonchev–Trinajstić information content (AvgIpc) is 1.81. The highest BCUT2D eigenvalue weighted by molar-refractivity contribution is 5.86. The van der Waals surface area contributed by atoms with Crippen molar-refractivity contribution >= 4 is 5.97 Å². The minimum atomic E-state index is -0.916. The molecule has 3 heteroatoms. The van der Waals surface area contributed by atoms with Gasteiger partial charge in [0.1, 0.15) is 0 Å². The van der Waals surface area contributed by atoms with Crippen LogP contribution in [0, 0.1) is 5.41 Å². The first-order chi connectivity index (χ1) is 5.72. The van der Waals surface area contributed by atoms with Gasteiger partial charge in [0.2, 0.25) is 0 Å². The van der Waals surface area contributed by atoms with Crippen LogP contribution >= 0.6 is 0 Å². The van der Waals surface area contributed by atoms with Gasteiger partial charge in [-0.15, -0.1) is 0 Å². The van der Waals surface area contributed by atoms with Crippen LogP contribution in [-0.4, -0.2) is 36.1 Å². The molecule has 0 atom stereocenters. The highest BCUT2D eigenvalue weighted by Gasteiger charge is 2.15. The summed E-state index contributed by atoms with van der Waals surface area (Å²) in [4.78, 5) is 12.4. The van der Waals surface area contributed by atoms with Crippen LogP contribution < -0.4 is 0 Å². The van der Waals surface area contributed by atoms with Gasteiger partial charge < -0.3 is 10.0 Å². The summed E-state index contributed by atoms with van der Waals surface area (Å²) in [6.07, 6.45) is 0. The number of rotatable bonds is 4. The Labute approximate surface area is 80.0 Å².